The van der Waals surface area contributed by atoms with Gasteiger partial charge in [0.2, 0.25) is 0 Å². The highest BCUT2D eigenvalue weighted by Gasteiger charge is 2.24. The SMILES string of the molecule is CC(C)(C)c1c(N)nnn1Cc1cn2cc(Cl)ccc2n1. The zero-order valence-electron chi connectivity index (χ0n) is 12.2. The van der Waals surface area contributed by atoms with Gasteiger partial charge >= 0.3 is 0 Å². The van der Waals surface area contributed by atoms with E-state index in [9.17, 15) is 0 Å². The highest BCUT2D eigenvalue weighted by Crippen LogP contribution is 2.26. The molecule has 0 saturated heterocycles. The van der Waals surface area contributed by atoms with E-state index in [2.05, 4.69) is 36.1 Å². The highest BCUT2D eigenvalue weighted by atomic mass is 35.5. The zero-order chi connectivity index (χ0) is 15.2. The number of anilines is 1. The maximum Gasteiger partial charge on any atom is 0.169 e. The number of fused-ring (bicyclic) bond motifs is 1. The number of aromatic nitrogens is 5. The van der Waals surface area contributed by atoms with Gasteiger partial charge in [-0.1, -0.05) is 37.6 Å². The van der Waals surface area contributed by atoms with Crippen molar-refractivity contribution in [3.05, 3.63) is 40.9 Å². The Kier molecular flexibility index (Phi) is 3.13. The van der Waals surface area contributed by atoms with Gasteiger partial charge in [0.15, 0.2) is 5.82 Å². The van der Waals surface area contributed by atoms with E-state index in [4.69, 9.17) is 17.3 Å². The van der Waals surface area contributed by atoms with Crippen LogP contribution in [0.3, 0.4) is 0 Å². The average molecular weight is 305 g/mol. The molecule has 0 spiro atoms. The first kappa shape index (κ1) is 13.9. The van der Waals surface area contributed by atoms with Crippen LogP contribution in [-0.4, -0.2) is 24.4 Å². The molecule has 0 aromatic carbocycles. The predicted molar refractivity (Wildman–Crippen MR) is 82.4 cm³/mol. The van der Waals surface area contributed by atoms with Crippen LogP contribution in [0, 0.1) is 0 Å². The molecular weight excluding hydrogens is 288 g/mol. The van der Waals surface area contributed by atoms with Crippen LogP contribution < -0.4 is 5.73 Å². The molecule has 0 saturated carbocycles. The molecule has 0 atom stereocenters. The third kappa shape index (κ3) is 2.58. The minimum absolute atomic E-state index is 0.129. The number of pyridine rings is 1. The van der Waals surface area contributed by atoms with Crippen molar-refractivity contribution in [1.82, 2.24) is 24.4 Å². The van der Waals surface area contributed by atoms with Crippen molar-refractivity contribution in [2.45, 2.75) is 32.7 Å². The van der Waals surface area contributed by atoms with Crippen LogP contribution in [0.15, 0.2) is 24.5 Å². The second kappa shape index (κ2) is 4.73. The second-order valence-corrected chi connectivity index (χ2v) is 6.51. The quantitative estimate of drug-likeness (QED) is 0.789. The van der Waals surface area contributed by atoms with Crippen LogP contribution in [0.25, 0.3) is 5.65 Å². The number of hydrogen-bond acceptors (Lipinski definition) is 4. The Morgan fingerprint density at radius 1 is 1.24 bits per heavy atom. The maximum absolute atomic E-state index is 5.98. The van der Waals surface area contributed by atoms with Gasteiger partial charge in [0, 0.05) is 17.8 Å². The molecular formula is C14H17ClN6. The Bertz CT molecular complexity index is 795. The van der Waals surface area contributed by atoms with Gasteiger partial charge in [-0.15, -0.1) is 5.10 Å². The first-order valence-electron chi connectivity index (χ1n) is 6.67. The number of nitrogen functional groups attached to an aromatic ring is 1. The lowest BCUT2D eigenvalue weighted by atomic mass is 9.92. The van der Waals surface area contributed by atoms with Gasteiger partial charge in [-0.25, -0.2) is 9.67 Å². The van der Waals surface area contributed by atoms with Crippen LogP contribution >= 0.6 is 11.6 Å². The fourth-order valence-corrected chi connectivity index (χ4v) is 2.62. The van der Waals surface area contributed by atoms with Crippen molar-refractivity contribution in [1.29, 1.82) is 0 Å². The summed E-state index contributed by atoms with van der Waals surface area (Å²) in [4.78, 5) is 4.56. The monoisotopic (exact) mass is 304 g/mol. The maximum atomic E-state index is 5.98. The van der Waals surface area contributed by atoms with E-state index in [0.717, 1.165) is 17.0 Å². The van der Waals surface area contributed by atoms with E-state index >= 15 is 0 Å². The molecule has 0 radical (unpaired) electrons. The van der Waals surface area contributed by atoms with E-state index in [1.165, 1.54) is 0 Å². The van der Waals surface area contributed by atoms with E-state index in [0.29, 0.717) is 17.4 Å². The van der Waals surface area contributed by atoms with E-state index < -0.39 is 0 Å². The van der Waals surface area contributed by atoms with E-state index in [1.54, 1.807) is 4.68 Å². The summed E-state index contributed by atoms with van der Waals surface area (Å²) in [6, 6.07) is 3.70. The molecule has 2 N–H and O–H groups in total. The standard InChI is InChI=1S/C14H17ClN6/c1-14(2,3)12-13(16)18-19-21(12)8-10-7-20-6-9(15)4-5-11(20)17-10/h4-7H,8,16H2,1-3H3. The summed E-state index contributed by atoms with van der Waals surface area (Å²) in [5.74, 6) is 0.467. The molecule has 21 heavy (non-hydrogen) atoms. The van der Waals surface area contributed by atoms with E-state index in [-0.39, 0.29) is 5.41 Å². The molecule has 0 fully saturated rings. The molecule has 0 bridgehead atoms. The molecule has 0 unspecified atom stereocenters. The fourth-order valence-electron chi connectivity index (χ4n) is 2.46. The number of rotatable bonds is 2. The summed E-state index contributed by atoms with van der Waals surface area (Å²) in [5, 5.41) is 8.79. The summed E-state index contributed by atoms with van der Waals surface area (Å²) in [7, 11) is 0. The van der Waals surface area contributed by atoms with Gasteiger partial charge in [0.1, 0.15) is 5.65 Å². The lowest BCUT2D eigenvalue weighted by Crippen LogP contribution is -2.20. The summed E-state index contributed by atoms with van der Waals surface area (Å²) in [6.45, 7) is 6.78. The zero-order valence-corrected chi connectivity index (χ0v) is 13.0. The largest absolute Gasteiger partial charge is 0.381 e. The van der Waals surface area contributed by atoms with Crippen molar-refractivity contribution in [3.63, 3.8) is 0 Å². The van der Waals surface area contributed by atoms with Crippen LogP contribution in [-0.2, 0) is 12.0 Å². The lowest BCUT2D eigenvalue weighted by molar-refractivity contribution is 0.500. The van der Waals surface area contributed by atoms with Crippen LogP contribution in [0.4, 0.5) is 5.82 Å². The summed E-state index contributed by atoms with van der Waals surface area (Å²) >= 11 is 5.98. The second-order valence-electron chi connectivity index (χ2n) is 6.08. The van der Waals surface area contributed by atoms with Crippen molar-refractivity contribution >= 4 is 23.1 Å². The average Bonchev–Trinajstić information content (AvgIpc) is 2.91. The van der Waals surface area contributed by atoms with Crippen LogP contribution in [0.2, 0.25) is 5.02 Å². The minimum Gasteiger partial charge on any atom is -0.381 e. The number of nitrogens with zero attached hydrogens (tertiary/aromatic N) is 5. The van der Waals surface area contributed by atoms with Crippen molar-refractivity contribution in [2.24, 2.45) is 0 Å². The van der Waals surface area contributed by atoms with Crippen molar-refractivity contribution in [2.75, 3.05) is 5.73 Å². The molecule has 0 aliphatic heterocycles. The Labute approximate surface area is 127 Å². The summed E-state index contributed by atoms with van der Waals surface area (Å²) in [6.07, 6.45) is 3.76. The molecule has 6 nitrogen and oxygen atoms in total. The molecule has 0 aliphatic carbocycles. The van der Waals surface area contributed by atoms with Crippen LogP contribution in [0.5, 0.6) is 0 Å². The van der Waals surface area contributed by atoms with Gasteiger partial charge < -0.3 is 10.1 Å². The molecule has 0 aliphatic rings. The minimum atomic E-state index is -0.129. The van der Waals surface area contributed by atoms with Gasteiger partial charge in [-0.2, -0.15) is 0 Å². The Morgan fingerprint density at radius 2 is 2.00 bits per heavy atom. The van der Waals surface area contributed by atoms with Crippen molar-refractivity contribution < 1.29 is 0 Å². The van der Waals surface area contributed by atoms with Gasteiger partial charge in [-0.05, 0) is 12.1 Å². The number of imidazole rings is 1. The van der Waals surface area contributed by atoms with Gasteiger partial charge in [0.25, 0.3) is 0 Å². The van der Waals surface area contributed by atoms with Crippen LogP contribution in [0.1, 0.15) is 32.2 Å². The van der Waals surface area contributed by atoms with E-state index in [1.807, 2.05) is 28.9 Å². The first-order chi connectivity index (χ1) is 9.84. The summed E-state index contributed by atoms with van der Waals surface area (Å²) < 4.78 is 3.70. The molecule has 7 heteroatoms. The molecule has 3 heterocycles. The smallest absolute Gasteiger partial charge is 0.169 e. The number of hydrogen-bond donors (Lipinski definition) is 1. The Hall–Kier alpha value is -2.08. The van der Waals surface area contributed by atoms with Crippen molar-refractivity contribution in [3.8, 4) is 0 Å². The molecule has 3 aromatic heterocycles. The molecule has 3 rings (SSSR count). The predicted octanol–water partition coefficient (Wildman–Crippen LogP) is 2.51. The topological polar surface area (TPSA) is 74.0 Å². The molecule has 3 aromatic rings. The third-order valence-corrected chi connectivity index (χ3v) is 3.47. The Balaban J connectivity index is 1.99. The fraction of sp³-hybridized carbons (Fsp3) is 0.357. The molecule has 0 amide bonds. The molecule has 110 valence electrons. The normalized spacial score (nSPS) is 12.2. The Morgan fingerprint density at radius 3 is 2.71 bits per heavy atom. The lowest BCUT2D eigenvalue weighted by Gasteiger charge is -2.19. The van der Waals surface area contributed by atoms with Gasteiger partial charge in [0.05, 0.1) is 23.0 Å². The first-order valence-corrected chi connectivity index (χ1v) is 7.05. The third-order valence-electron chi connectivity index (χ3n) is 3.25. The summed E-state index contributed by atoms with van der Waals surface area (Å²) in [5.41, 5.74) is 8.45. The highest BCUT2D eigenvalue weighted by molar-refractivity contribution is 6.30. The van der Waals surface area contributed by atoms with Gasteiger partial charge in [-0.3, -0.25) is 0 Å². The number of nitrogens with two attached hydrogens (primary N) is 1. The number of halogens is 1.